The molecule has 0 unspecified atom stereocenters. The highest BCUT2D eigenvalue weighted by Gasteiger charge is 2.09. The van der Waals surface area contributed by atoms with Crippen molar-refractivity contribution in [3.05, 3.63) is 29.8 Å². The highest BCUT2D eigenvalue weighted by molar-refractivity contribution is 5.94. The van der Waals surface area contributed by atoms with Gasteiger partial charge in [-0.3, -0.25) is 9.59 Å². The molecule has 0 saturated carbocycles. The van der Waals surface area contributed by atoms with Crippen molar-refractivity contribution in [3.63, 3.8) is 0 Å². The van der Waals surface area contributed by atoms with E-state index in [-0.39, 0.29) is 12.5 Å². The molecule has 92 valence electrons. The standard InChI is InChI=1S/C12H16N2O3/c1-14(12(16)7-13-9-15)11-5-3-10(4-6-11)8-17-2/h3-6,9H,7-8H2,1-2H3,(H,13,15). The van der Waals surface area contributed by atoms with Gasteiger partial charge in [0.15, 0.2) is 0 Å². The predicted molar refractivity (Wildman–Crippen MR) is 64.6 cm³/mol. The molecule has 0 aliphatic carbocycles. The summed E-state index contributed by atoms with van der Waals surface area (Å²) in [6.07, 6.45) is 0.507. The molecule has 0 aromatic heterocycles. The Morgan fingerprint density at radius 2 is 2.06 bits per heavy atom. The van der Waals surface area contributed by atoms with Crippen molar-refractivity contribution in [1.82, 2.24) is 5.32 Å². The third-order valence-electron chi connectivity index (χ3n) is 2.35. The highest BCUT2D eigenvalue weighted by Crippen LogP contribution is 2.14. The number of hydrogen-bond donors (Lipinski definition) is 1. The van der Waals surface area contributed by atoms with E-state index in [1.807, 2.05) is 24.3 Å². The van der Waals surface area contributed by atoms with Gasteiger partial charge in [0.2, 0.25) is 12.3 Å². The summed E-state index contributed by atoms with van der Waals surface area (Å²) in [5.41, 5.74) is 1.82. The molecular weight excluding hydrogens is 220 g/mol. The molecule has 1 aromatic carbocycles. The predicted octanol–water partition coefficient (Wildman–Crippen LogP) is 0.542. The molecule has 0 saturated heterocycles. The van der Waals surface area contributed by atoms with Crippen LogP contribution in [0.5, 0.6) is 0 Å². The largest absolute Gasteiger partial charge is 0.380 e. The van der Waals surface area contributed by atoms with Crippen LogP contribution < -0.4 is 10.2 Å². The van der Waals surface area contributed by atoms with Crippen molar-refractivity contribution in [3.8, 4) is 0 Å². The normalized spacial score (nSPS) is 9.76. The molecule has 0 radical (unpaired) electrons. The van der Waals surface area contributed by atoms with Gasteiger partial charge in [0.25, 0.3) is 0 Å². The van der Waals surface area contributed by atoms with Gasteiger partial charge in [-0.1, -0.05) is 12.1 Å². The van der Waals surface area contributed by atoms with Gasteiger partial charge in [0.1, 0.15) is 0 Å². The smallest absolute Gasteiger partial charge is 0.246 e. The molecule has 1 N–H and O–H groups in total. The Bertz CT molecular complexity index is 376. The number of nitrogens with one attached hydrogen (secondary N) is 1. The van der Waals surface area contributed by atoms with Gasteiger partial charge in [0.05, 0.1) is 13.2 Å². The van der Waals surface area contributed by atoms with Gasteiger partial charge in [-0.2, -0.15) is 0 Å². The first kappa shape index (κ1) is 13.2. The van der Waals surface area contributed by atoms with Crippen molar-refractivity contribution < 1.29 is 14.3 Å². The van der Waals surface area contributed by atoms with Crippen LogP contribution in [0.3, 0.4) is 0 Å². The Kier molecular flexibility index (Phi) is 5.16. The van der Waals surface area contributed by atoms with Crippen molar-refractivity contribution >= 4 is 18.0 Å². The van der Waals surface area contributed by atoms with Crippen molar-refractivity contribution in [2.24, 2.45) is 0 Å². The number of hydrogen-bond acceptors (Lipinski definition) is 3. The van der Waals surface area contributed by atoms with Gasteiger partial charge in [-0.25, -0.2) is 0 Å². The lowest BCUT2D eigenvalue weighted by Crippen LogP contribution is -2.34. The summed E-state index contributed by atoms with van der Waals surface area (Å²) in [4.78, 5) is 23.2. The summed E-state index contributed by atoms with van der Waals surface area (Å²) in [5.74, 6) is -0.170. The molecule has 0 spiro atoms. The minimum Gasteiger partial charge on any atom is -0.380 e. The summed E-state index contributed by atoms with van der Waals surface area (Å²) in [5, 5.41) is 2.34. The Morgan fingerprint density at radius 1 is 1.41 bits per heavy atom. The molecule has 0 aliphatic heterocycles. The zero-order valence-corrected chi connectivity index (χ0v) is 9.97. The third kappa shape index (κ3) is 3.88. The van der Waals surface area contributed by atoms with Gasteiger partial charge in [-0.15, -0.1) is 0 Å². The number of methoxy groups -OCH3 is 1. The van der Waals surface area contributed by atoms with Crippen molar-refractivity contribution in [2.45, 2.75) is 6.61 Å². The van der Waals surface area contributed by atoms with Crippen molar-refractivity contribution in [2.75, 3.05) is 25.6 Å². The number of amides is 2. The number of ether oxygens (including phenoxy) is 1. The van der Waals surface area contributed by atoms with E-state index >= 15 is 0 Å². The molecule has 5 nitrogen and oxygen atoms in total. The fraction of sp³-hybridized carbons (Fsp3) is 0.333. The lowest BCUT2D eigenvalue weighted by atomic mass is 10.2. The van der Waals surface area contributed by atoms with Gasteiger partial charge in [-0.05, 0) is 17.7 Å². The Hall–Kier alpha value is -1.88. The maximum absolute atomic E-state index is 11.6. The highest BCUT2D eigenvalue weighted by atomic mass is 16.5. The van der Waals surface area contributed by atoms with Crippen LogP contribution in [0.15, 0.2) is 24.3 Å². The third-order valence-corrected chi connectivity index (χ3v) is 2.35. The maximum Gasteiger partial charge on any atom is 0.246 e. The van der Waals surface area contributed by atoms with E-state index in [1.54, 1.807) is 14.2 Å². The van der Waals surface area contributed by atoms with Crippen LogP contribution in [0, 0.1) is 0 Å². The van der Waals surface area contributed by atoms with Gasteiger partial charge >= 0.3 is 0 Å². The second-order valence-electron chi connectivity index (χ2n) is 3.55. The van der Waals surface area contributed by atoms with E-state index in [4.69, 9.17) is 4.74 Å². The SMILES string of the molecule is COCc1ccc(N(C)C(=O)CNC=O)cc1. The summed E-state index contributed by atoms with van der Waals surface area (Å²) in [6, 6.07) is 7.48. The summed E-state index contributed by atoms with van der Waals surface area (Å²) < 4.78 is 5.00. The molecule has 0 fully saturated rings. The van der Waals surface area contributed by atoms with E-state index in [0.717, 1.165) is 11.3 Å². The number of likely N-dealkylation sites (N-methyl/N-ethyl adjacent to an activating group) is 1. The summed E-state index contributed by atoms with van der Waals surface area (Å²) in [6.45, 7) is 0.546. The maximum atomic E-state index is 11.6. The quantitative estimate of drug-likeness (QED) is 0.733. The van der Waals surface area contributed by atoms with E-state index in [2.05, 4.69) is 5.32 Å². The summed E-state index contributed by atoms with van der Waals surface area (Å²) in [7, 11) is 3.30. The van der Waals surface area contributed by atoms with Gasteiger partial charge in [0, 0.05) is 19.8 Å². The van der Waals surface area contributed by atoms with Crippen LogP contribution in [0.1, 0.15) is 5.56 Å². The first-order valence-electron chi connectivity index (χ1n) is 5.20. The first-order valence-corrected chi connectivity index (χ1v) is 5.20. The minimum absolute atomic E-state index is 0.000176. The Labute approximate surface area is 100 Å². The Morgan fingerprint density at radius 3 is 2.59 bits per heavy atom. The van der Waals surface area contributed by atoms with Crippen molar-refractivity contribution in [1.29, 1.82) is 0 Å². The minimum atomic E-state index is -0.170. The zero-order valence-electron chi connectivity index (χ0n) is 9.97. The molecule has 0 atom stereocenters. The molecule has 2 amide bonds. The zero-order chi connectivity index (χ0) is 12.7. The van der Waals surface area contributed by atoms with Gasteiger partial charge < -0.3 is 15.0 Å². The van der Waals surface area contributed by atoms with Crippen LogP contribution in [-0.2, 0) is 20.9 Å². The van der Waals surface area contributed by atoms with Crippen LogP contribution in [0.4, 0.5) is 5.69 Å². The molecule has 0 heterocycles. The lowest BCUT2D eigenvalue weighted by Gasteiger charge is -2.17. The number of carbonyl (C=O) groups excluding carboxylic acids is 2. The van der Waals surface area contributed by atoms with E-state index < -0.39 is 0 Å². The number of benzene rings is 1. The molecule has 0 aliphatic rings. The van der Waals surface area contributed by atoms with Crippen LogP contribution >= 0.6 is 0 Å². The Balaban J connectivity index is 2.65. The molecular formula is C12H16N2O3. The number of anilines is 1. The second-order valence-corrected chi connectivity index (χ2v) is 3.55. The van der Waals surface area contributed by atoms with E-state index in [9.17, 15) is 9.59 Å². The fourth-order valence-corrected chi connectivity index (χ4v) is 1.37. The average molecular weight is 236 g/mol. The fourth-order valence-electron chi connectivity index (χ4n) is 1.37. The van der Waals surface area contributed by atoms with Crippen LogP contribution in [0.2, 0.25) is 0 Å². The molecule has 0 bridgehead atoms. The van der Waals surface area contributed by atoms with E-state index in [0.29, 0.717) is 13.0 Å². The van der Waals surface area contributed by atoms with E-state index in [1.165, 1.54) is 4.90 Å². The average Bonchev–Trinajstić information content (AvgIpc) is 2.36. The number of rotatable bonds is 6. The number of carbonyl (C=O) groups is 2. The second kappa shape index (κ2) is 6.65. The molecule has 17 heavy (non-hydrogen) atoms. The lowest BCUT2D eigenvalue weighted by molar-refractivity contribution is -0.119. The monoisotopic (exact) mass is 236 g/mol. The van der Waals surface area contributed by atoms with Crippen LogP contribution in [-0.4, -0.2) is 33.0 Å². The topological polar surface area (TPSA) is 58.6 Å². The molecule has 5 heteroatoms. The summed E-state index contributed by atoms with van der Waals surface area (Å²) >= 11 is 0. The first-order chi connectivity index (χ1) is 8.19. The number of nitrogens with zero attached hydrogens (tertiary/aromatic N) is 1. The molecule has 1 rings (SSSR count). The molecule has 1 aromatic rings. The van der Waals surface area contributed by atoms with Crippen LogP contribution in [0.25, 0.3) is 0 Å².